The Morgan fingerprint density at radius 1 is 1.38 bits per heavy atom. The molecule has 1 aromatic heterocycles. The van der Waals surface area contributed by atoms with Crippen molar-refractivity contribution in [2.75, 3.05) is 6.54 Å². The Kier molecular flexibility index (Phi) is 4.34. The van der Waals surface area contributed by atoms with E-state index in [0.29, 0.717) is 11.5 Å². The number of hydrogen-bond donors (Lipinski definition) is 2. The van der Waals surface area contributed by atoms with Gasteiger partial charge in [-0.1, -0.05) is 12.1 Å². The summed E-state index contributed by atoms with van der Waals surface area (Å²) >= 11 is 0. The van der Waals surface area contributed by atoms with E-state index >= 15 is 0 Å². The second-order valence-electron chi connectivity index (χ2n) is 4.45. The lowest BCUT2D eigenvalue weighted by Crippen LogP contribution is -2.28. The fourth-order valence-electron chi connectivity index (χ4n) is 1.84. The molecule has 2 N–H and O–H groups in total. The minimum absolute atomic E-state index is 0.0506. The van der Waals surface area contributed by atoms with E-state index in [1.54, 1.807) is 19.1 Å². The Labute approximate surface area is 120 Å². The number of para-hydroxylation sites is 1. The molecule has 7 heteroatoms. The van der Waals surface area contributed by atoms with Crippen LogP contribution in [-0.4, -0.2) is 22.5 Å². The van der Waals surface area contributed by atoms with E-state index in [9.17, 15) is 20.0 Å². The average Bonchev–Trinajstić information content (AvgIpc) is 2.91. The van der Waals surface area contributed by atoms with Crippen LogP contribution in [0.5, 0.6) is 0 Å². The molecule has 110 valence electrons. The van der Waals surface area contributed by atoms with E-state index in [0.717, 1.165) is 0 Å². The number of aliphatic hydroxyl groups excluding tert-OH is 1. The number of nitrogens with zero attached hydrogens (tertiary/aromatic N) is 1. The zero-order valence-electron chi connectivity index (χ0n) is 11.3. The zero-order chi connectivity index (χ0) is 15.4. The molecule has 0 saturated carbocycles. The van der Waals surface area contributed by atoms with Gasteiger partial charge in [-0.3, -0.25) is 14.9 Å². The second kappa shape index (κ2) is 6.19. The average molecular weight is 290 g/mol. The standard InChI is InChI=1S/C14H14N2O5/c1-9-6-7-13(21-9)12(17)8-15-14(18)10-4-2-3-5-11(10)16(19)20/h2-7,12,17H,8H2,1H3,(H,15,18). The number of carbonyl (C=O) groups is 1. The number of carbonyl (C=O) groups excluding carboxylic acids is 1. The zero-order valence-corrected chi connectivity index (χ0v) is 11.3. The molecule has 1 amide bonds. The van der Waals surface area contributed by atoms with Crippen molar-refractivity contribution in [1.82, 2.24) is 5.32 Å². The van der Waals surface area contributed by atoms with Crippen LogP contribution in [0.2, 0.25) is 0 Å². The second-order valence-corrected chi connectivity index (χ2v) is 4.45. The number of rotatable bonds is 5. The van der Waals surface area contributed by atoms with Gasteiger partial charge in [-0.05, 0) is 25.1 Å². The van der Waals surface area contributed by atoms with E-state index < -0.39 is 16.9 Å². The maximum Gasteiger partial charge on any atom is 0.282 e. The molecule has 1 heterocycles. The van der Waals surface area contributed by atoms with Gasteiger partial charge in [-0.25, -0.2) is 0 Å². The number of nitro benzene ring substituents is 1. The summed E-state index contributed by atoms with van der Waals surface area (Å²) in [5.74, 6) is 0.356. The van der Waals surface area contributed by atoms with Gasteiger partial charge in [0.2, 0.25) is 0 Å². The number of aliphatic hydroxyl groups is 1. The third-order valence-electron chi connectivity index (χ3n) is 2.89. The Morgan fingerprint density at radius 2 is 2.10 bits per heavy atom. The Bertz CT molecular complexity index is 665. The van der Waals surface area contributed by atoms with Crippen LogP contribution in [0.25, 0.3) is 0 Å². The molecular weight excluding hydrogens is 276 g/mol. The van der Waals surface area contributed by atoms with Gasteiger partial charge in [-0.15, -0.1) is 0 Å². The van der Waals surface area contributed by atoms with E-state index in [2.05, 4.69) is 5.32 Å². The molecule has 0 fully saturated rings. The van der Waals surface area contributed by atoms with Gasteiger partial charge in [-0.2, -0.15) is 0 Å². The first-order valence-electron chi connectivity index (χ1n) is 6.25. The van der Waals surface area contributed by atoms with Crippen LogP contribution >= 0.6 is 0 Å². The first kappa shape index (κ1) is 14.7. The van der Waals surface area contributed by atoms with Gasteiger partial charge in [0.1, 0.15) is 23.2 Å². The molecule has 1 atom stereocenters. The smallest absolute Gasteiger partial charge is 0.282 e. The molecule has 7 nitrogen and oxygen atoms in total. The van der Waals surface area contributed by atoms with Gasteiger partial charge >= 0.3 is 0 Å². The molecule has 0 radical (unpaired) electrons. The summed E-state index contributed by atoms with van der Waals surface area (Å²) in [5.41, 5.74) is -0.330. The third kappa shape index (κ3) is 3.46. The first-order valence-corrected chi connectivity index (χ1v) is 6.25. The van der Waals surface area contributed by atoms with Crippen molar-refractivity contribution >= 4 is 11.6 Å². The molecule has 2 aromatic rings. The molecule has 1 unspecified atom stereocenters. The lowest BCUT2D eigenvalue weighted by atomic mass is 10.1. The topological polar surface area (TPSA) is 106 Å². The number of nitro groups is 1. The molecule has 0 aliphatic heterocycles. The molecule has 0 aliphatic carbocycles. The van der Waals surface area contributed by atoms with Gasteiger partial charge < -0.3 is 14.8 Å². The highest BCUT2D eigenvalue weighted by atomic mass is 16.6. The molecule has 0 spiro atoms. The minimum atomic E-state index is -1.01. The highest BCUT2D eigenvalue weighted by Gasteiger charge is 2.20. The van der Waals surface area contributed by atoms with Crippen molar-refractivity contribution in [1.29, 1.82) is 0 Å². The van der Waals surface area contributed by atoms with E-state index in [-0.39, 0.29) is 17.8 Å². The van der Waals surface area contributed by atoms with Crippen LogP contribution in [-0.2, 0) is 0 Å². The summed E-state index contributed by atoms with van der Waals surface area (Å²) in [4.78, 5) is 22.2. The Balaban J connectivity index is 2.04. The maximum absolute atomic E-state index is 12.0. The third-order valence-corrected chi connectivity index (χ3v) is 2.89. The number of amides is 1. The highest BCUT2D eigenvalue weighted by molar-refractivity contribution is 5.98. The van der Waals surface area contributed by atoms with Crippen molar-refractivity contribution in [3.63, 3.8) is 0 Å². The lowest BCUT2D eigenvalue weighted by molar-refractivity contribution is -0.385. The predicted molar refractivity (Wildman–Crippen MR) is 73.8 cm³/mol. The molecular formula is C14H14N2O5. The monoisotopic (exact) mass is 290 g/mol. The van der Waals surface area contributed by atoms with Crippen LogP contribution in [0.15, 0.2) is 40.8 Å². The lowest BCUT2D eigenvalue weighted by Gasteiger charge is -2.09. The number of hydrogen-bond acceptors (Lipinski definition) is 5. The fourth-order valence-corrected chi connectivity index (χ4v) is 1.84. The number of furan rings is 1. The van der Waals surface area contributed by atoms with Crippen LogP contribution in [0.4, 0.5) is 5.69 Å². The van der Waals surface area contributed by atoms with Crippen molar-refractivity contribution in [3.8, 4) is 0 Å². The maximum atomic E-state index is 12.0. The highest BCUT2D eigenvalue weighted by Crippen LogP contribution is 2.18. The van der Waals surface area contributed by atoms with Crippen molar-refractivity contribution < 1.29 is 19.2 Å². The van der Waals surface area contributed by atoms with Crippen LogP contribution < -0.4 is 5.32 Å². The van der Waals surface area contributed by atoms with Crippen molar-refractivity contribution in [2.24, 2.45) is 0 Å². The number of nitrogens with one attached hydrogen (secondary N) is 1. The van der Waals surface area contributed by atoms with Gasteiger partial charge in [0.15, 0.2) is 0 Å². The molecule has 0 saturated heterocycles. The predicted octanol–water partition coefficient (Wildman–Crippen LogP) is 1.96. The van der Waals surface area contributed by atoms with Crippen molar-refractivity contribution in [3.05, 3.63) is 63.6 Å². The summed E-state index contributed by atoms with van der Waals surface area (Å²) in [6.45, 7) is 1.64. The minimum Gasteiger partial charge on any atom is -0.464 e. The summed E-state index contributed by atoms with van der Waals surface area (Å²) in [5, 5.41) is 23.2. The van der Waals surface area contributed by atoms with Crippen LogP contribution in [0.1, 0.15) is 28.0 Å². The number of aryl methyl sites for hydroxylation is 1. The Hall–Kier alpha value is -2.67. The van der Waals surface area contributed by atoms with Crippen molar-refractivity contribution in [2.45, 2.75) is 13.0 Å². The van der Waals surface area contributed by atoms with E-state index in [1.807, 2.05) is 0 Å². The quantitative estimate of drug-likeness (QED) is 0.646. The largest absolute Gasteiger partial charge is 0.464 e. The number of benzene rings is 1. The molecule has 1 aromatic carbocycles. The van der Waals surface area contributed by atoms with Gasteiger partial charge in [0.25, 0.3) is 11.6 Å². The summed E-state index contributed by atoms with van der Waals surface area (Å²) in [7, 11) is 0. The summed E-state index contributed by atoms with van der Waals surface area (Å²) < 4.78 is 5.24. The Morgan fingerprint density at radius 3 is 2.71 bits per heavy atom. The van der Waals surface area contributed by atoms with E-state index in [4.69, 9.17) is 4.42 Å². The molecule has 0 bridgehead atoms. The molecule has 0 aliphatic rings. The fraction of sp³-hybridized carbons (Fsp3) is 0.214. The van der Waals surface area contributed by atoms with Gasteiger partial charge in [0.05, 0.1) is 11.5 Å². The SMILES string of the molecule is Cc1ccc(C(O)CNC(=O)c2ccccc2[N+](=O)[O-])o1. The molecule has 2 rings (SSSR count). The van der Waals surface area contributed by atoms with Crippen LogP contribution in [0, 0.1) is 17.0 Å². The van der Waals surface area contributed by atoms with Gasteiger partial charge in [0, 0.05) is 6.07 Å². The summed E-state index contributed by atoms with van der Waals surface area (Å²) in [6, 6.07) is 8.93. The summed E-state index contributed by atoms with van der Waals surface area (Å²) in [6.07, 6.45) is -1.01. The first-order chi connectivity index (χ1) is 9.99. The normalized spacial score (nSPS) is 11.9. The van der Waals surface area contributed by atoms with Crippen LogP contribution in [0.3, 0.4) is 0 Å². The van der Waals surface area contributed by atoms with E-state index in [1.165, 1.54) is 24.3 Å². The molecule has 21 heavy (non-hydrogen) atoms.